The molecule has 6 heteroatoms. The standard InChI is InChI=1S/C23H30N2O3S/c1-16-6-8-21(29-16)14-24-10-4-5-18(12-24)23-15-25(17(2)26)13-19-11-20(27-3)7-9-22(19)28-23/h6-9,11,18,23H,4-5,10,12-15H2,1-3H3/t18-,23-/m1/s1. The fourth-order valence-electron chi connectivity index (χ4n) is 4.42. The molecule has 0 unspecified atom stereocenters. The van der Waals surface area contributed by atoms with Crippen molar-refractivity contribution in [1.29, 1.82) is 0 Å². The number of fused-ring (bicyclic) bond motifs is 1. The van der Waals surface area contributed by atoms with Gasteiger partial charge in [-0.05, 0) is 56.6 Å². The molecule has 29 heavy (non-hydrogen) atoms. The summed E-state index contributed by atoms with van der Waals surface area (Å²) in [5.41, 5.74) is 1.02. The summed E-state index contributed by atoms with van der Waals surface area (Å²) < 4.78 is 11.9. The minimum Gasteiger partial charge on any atom is -0.497 e. The van der Waals surface area contributed by atoms with Crippen molar-refractivity contribution in [3.05, 3.63) is 45.6 Å². The Morgan fingerprint density at radius 2 is 2.14 bits per heavy atom. The summed E-state index contributed by atoms with van der Waals surface area (Å²) in [6, 6.07) is 10.4. The second-order valence-corrected chi connectivity index (χ2v) is 9.55. The Hall–Kier alpha value is -2.05. The van der Waals surface area contributed by atoms with E-state index >= 15 is 0 Å². The SMILES string of the molecule is COc1ccc2c(c1)CN(C(C)=O)C[C@H]([C@@H]1CCCN(Cc3ccc(C)s3)C1)O2. The van der Waals surface area contributed by atoms with E-state index in [1.165, 1.54) is 16.2 Å². The molecule has 5 nitrogen and oxygen atoms in total. The number of rotatable bonds is 4. The summed E-state index contributed by atoms with van der Waals surface area (Å²) in [5.74, 6) is 2.19. The van der Waals surface area contributed by atoms with Gasteiger partial charge < -0.3 is 14.4 Å². The van der Waals surface area contributed by atoms with Crippen LogP contribution in [-0.4, -0.2) is 48.6 Å². The number of aryl methyl sites for hydroxylation is 1. The van der Waals surface area contributed by atoms with Gasteiger partial charge in [0.25, 0.3) is 0 Å². The molecule has 1 aromatic carbocycles. The number of carbonyl (C=O) groups excluding carboxylic acids is 1. The molecule has 2 atom stereocenters. The number of piperidine rings is 1. The first kappa shape index (κ1) is 20.2. The third kappa shape index (κ3) is 4.75. The monoisotopic (exact) mass is 414 g/mol. The highest BCUT2D eigenvalue weighted by molar-refractivity contribution is 7.11. The quantitative estimate of drug-likeness (QED) is 0.756. The molecule has 4 rings (SSSR count). The van der Waals surface area contributed by atoms with Gasteiger partial charge in [0.2, 0.25) is 5.91 Å². The summed E-state index contributed by atoms with van der Waals surface area (Å²) in [4.78, 5) is 19.5. The lowest BCUT2D eigenvalue weighted by atomic mass is 9.92. The van der Waals surface area contributed by atoms with Gasteiger partial charge in [0.05, 0.1) is 13.7 Å². The van der Waals surface area contributed by atoms with Crippen molar-refractivity contribution in [3.63, 3.8) is 0 Å². The summed E-state index contributed by atoms with van der Waals surface area (Å²) >= 11 is 1.88. The maximum absolute atomic E-state index is 12.3. The lowest BCUT2D eigenvalue weighted by Crippen LogP contribution is -2.46. The molecule has 0 saturated carbocycles. The van der Waals surface area contributed by atoms with Crippen molar-refractivity contribution in [2.24, 2.45) is 5.92 Å². The summed E-state index contributed by atoms with van der Waals surface area (Å²) in [5, 5.41) is 0. The minimum atomic E-state index is 0.0152. The third-order valence-electron chi connectivity index (χ3n) is 6.00. The van der Waals surface area contributed by atoms with E-state index in [-0.39, 0.29) is 12.0 Å². The van der Waals surface area contributed by atoms with Gasteiger partial charge in [0.15, 0.2) is 0 Å². The second-order valence-electron chi connectivity index (χ2n) is 8.18. The van der Waals surface area contributed by atoms with E-state index in [9.17, 15) is 4.79 Å². The topological polar surface area (TPSA) is 42.0 Å². The zero-order valence-electron chi connectivity index (χ0n) is 17.5. The molecule has 2 aliphatic heterocycles. The second kappa shape index (κ2) is 8.76. The number of amides is 1. The van der Waals surface area contributed by atoms with E-state index in [4.69, 9.17) is 9.47 Å². The Morgan fingerprint density at radius 3 is 2.86 bits per heavy atom. The lowest BCUT2D eigenvalue weighted by molar-refractivity contribution is -0.130. The normalized spacial score (nSPS) is 22.5. The van der Waals surface area contributed by atoms with Gasteiger partial charge in [0.1, 0.15) is 17.6 Å². The molecule has 1 aromatic heterocycles. The molecule has 156 valence electrons. The van der Waals surface area contributed by atoms with Gasteiger partial charge in [0, 0.05) is 47.8 Å². The fourth-order valence-corrected chi connectivity index (χ4v) is 5.36. The number of ether oxygens (including phenoxy) is 2. The van der Waals surface area contributed by atoms with Crippen LogP contribution in [0.4, 0.5) is 0 Å². The van der Waals surface area contributed by atoms with Crippen LogP contribution >= 0.6 is 11.3 Å². The van der Waals surface area contributed by atoms with Crippen molar-refractivity contribution in [2.45, 2.75) is 45.9 Å². The van der Waals surface area contributed by atoms with Gasteiger partial charge in [-0.2, -0.15) is 0 Å². The highest BCUT2D eigenvalue weighted by Crippen LogP contribution is 2.33. The van der Waals surface area contributed by atoms with Gasteiger partial charge in [-0.25, -0.2) is 0 Å². The van der Waals surface area contributed by atoms with Crippen LogP contribution in [0.3, 0.4) is 0 Å². The number of nitrogens with zero attached hydrogens (tertiary/aromatic N) is 2. The van der Waals surface area contributed by atoms with Crippen molar-refractivity contribution in [3.8, 4) is 11.5 Å². The van der Waals surface area contributed by atoms with Crippen molar-refractivity contribution in [2.75, 3.05) is 26.7 Å². The third-order valence-corrected chi connectivity index (χ3v) is 6.98. The van der Waals surface area contributed by atoms with Crippen LogP contribution in [0.5, 0.6) is 11.5 Å². The van der Waals surface area contributed by atoms with E-state index in [1.54, 1.807) is 14.0 Å². The first-order chi connectivity index (χ1) is 14.0. The van der Waals surface area contributed by atoms with E-state index < -0.39 is 0 Å². The van der Waals surface area contributed by atoms with Gasteiger partial charge in [-0.1, -0.05) is 0 Å². The molecular formula is C23H30N2O3S. The Balaban J connectivity index is 1.51. The minimum absolute atomic E-state index is 0.0152. The zero-order chi connectivity index (χ0) is 20.4. The Morgan fingerprint density at radius 1 is 1.28 bits per heavy atom. The smallest absolute Gasteiger partial charge is 0.219 e. The van der Waals surface area contributed by atoms with Crippen molar-refractivity contribution >= 4 is 17.2 Å². The van der Waals surface area contributed by atoms with E-state index in [1.807, 2.05) is 34.4 Å². The van der Waals surface area contributed by atoms with Crippen LogP contribution < -0.4 is 9.47 Å². The molecule has 2 aromatic rings. The van der Waals surface area contributed by atoms with Crippen LogP contribution in [0.15, 0.2) is 30.3 Å². The van der Waals surface area contributed by atoms with E-state index in [0.717, 1.165) is 43.1 Å². The summed E-state index contributed by atoms with van der Waals surface area (Å²) in [7, 11) is 1.66. The Labute approximate surface area is 177 Å². The summed E-state index contributed by atoms with van der Waals surface area (Å²) in [6.45, 7) is 8.17. The molecule has 1 fully saturated rings. The maximum Gasteiger partial charge on any atom is 0.219 e. The number of benzene rings is 1. The zero-order valence-corrected chi connectivity index (χ0v) is 18.3. The van der Waals surface area contributed by atoms with Gasteiger partial charge >= 0.3 is 0 Å². The molecule has 1 saturated heterocycles. The number of likely N-dealkylation sites (tertiary alicyclic amines) is 1. The number of hydrogen-bond donors (Lipinski definition) is 0. The molecule has 0 radical (unpaired) electrons. The van der Waals surface area contributed by atoms with Crippen LogP contribution in [0.1, 0.15) is 35.1 Å². The van der Waals surface area contributed by atoms with Gasteiger partial charge in [-0.3, -0.25) is 9.69 Å². The number of thiophene rings is 1. The molecule has 0 bridgehead atoms. The maximum atomic E-state index is 12.3. The van der Waals surface area contributed by atoms with Crippen LogP contribution in [-0.2, 0) is 17.9 Å². The average molecular weight is 415 g/mol. The average Bonchev–Trinajstić information content (AvgIpc) is 3.01. The lowest BCUT2D eigenvalue weighted by Gasteiger charge is -2.37. The molecule has 1 amide bonds. The largest absolute Gasteiger partial charge is 0.497 e. The Kier molecular flexibility index (Phi) is 6.11. The van der Waals surface area contributed by atoms with Crippen LogP contribution in [0.25, 0.3) is 0 Å². The molecule has 0 N–H and O–H groups in total. The molecule has 2 aliphatic rings. The van der Waals surface area contributed by atoms with Crippen LogP contribution in [0, 0.1) is 12.8 Å². The Bertz CT molecular complexity index is 866. The molecule has 0 aliphatic carbocycles. The number of hydrogen-bond acceptors (Lipinski definition) is 5. The predicted molar refractivity (Wildman–Crippen MR) is 116 cm³/mol. The van der Waals surface area contributed by atoms with Crippen LogP contribution in [0.2, 0.25) is 0 Å². The van der Waals surface area contributed by atoms with E-state index in [2.05, 4.69) is 24.0 Å². The summed E-state index contributed by atoms with van der Waals surface area (Å²) in [6.07, 6.45) is 2.33. The van der Waals surface area contributed by atoms with Gasteiger partial charge in [-0.15, -0.1) is 11.3 Å². The number of methoxy groups -OCH3 is 1. The predicted octanol–water partition coefficient (Wildman–Crippen LogP) is 4.09. The first-order valence-corrected chi connectivity index (χ1v) is 11.2. The van der Waals surface area contributed by atoms with Crippen molar-refractivity contribution in [1.82, 2.24) is 9.80 Å². The molecule has 0 spiro atoms. The number of carbonyl (C=O) groups is 1. The highest BCUT2D eigenvalue weighted by atomic mass is 32.1. The first-order valence-electron chi connectivity index (χ1n) is 10.4. The highest BCUT2D eigenvalue weighted by Gasteiger charge is 2.33. The van der Waals surface area contributed by atoms with E-state index in [0.29, 0.717) is 19.0 Å². The fraction of sp³-hybridized carbons (Fsp3) is 0.522. The molecule has 3 heterocycles. The van der Waals surface area contributed by atoms with Crippen molar-refractivity contribution < 1.29 is 14.3 Å². The molecular weight excluding hydrogens is 384 g/mol.